The van der Waals surface area contributed by atoms with Crippen LogP contribution in [0.2, 0.25) is 0 Å². The molecule has 4 nitrogen and oxygen atoms in total. The van der Waals surface area contributed by atoms with E-state index < -0.39 is 10.7 Å². The van der Waals surface area contributed by atoms with E-state index in [-0.39, 0.29) is 6.10 Å². The number of carbonyl (C=O) groups is 1. The third kappa shape index (κ3) is 4.32. The minimum absolute atomic E-state index is 0.161. The van der Waals surface area contributed by atoms with Crippen molar-refractivity contribution in [2.75, 3.05) is 6.26 Å². The van der Waals surface area contributed by atoms with Gasteiger partial charge in [-0.15, -0.1) is 11.8 Å². The Labute approximate surface area is 148 Å². The second kappa shape index (κ2) is 8.06. The van der Waals surface area contributed by atoms with Crippen molar-refractivity contribution < 1.29 is 14.7 Å². The topological polar surface area (TPSA) is 58.9 Å². The van der Waals surface area contributed by atoms with Gasteiger partial charge < -0.3 is 9.94 Å². The summed E-state index contributed by atoms with van der Waals surface area (Å²) < 4.78 is -0.828. The summed E-state index contributed by atoms with van der Waals surface area (Å²) in [4.78, 5) is 16.9. The number of hydrogen-bond acceptors (Lipinski definition) is 4. The predicted molar refractivity (Wildman–Crippen MR) is 100.0 cm³/mol. The van der Waals surface area contributed by atoms with Crippen molar-refractivity contribution in [2.45, 2.75) is 63.2 Å². The van der Waals surface area contributed by atoms with Crippen LogP contribution in [0.5, 0.6) is 0 Å². The molecule has 5 heteroatoms. The summed E-state index contributed by atoms with van der Waals surface area (Å²) in [5.41, 5.74) is 3.40. The van der Waals surface area contributed by atoms with E-state index in [1.54, 1.807) is 6.92 Å². The van der Waals surface area contributed by atoms with Gasteiger partial charge >= 0.3 is 5.97 Å². The molecular weight excluding hydrogens is 322 g/mol. The molecule has 1 aromatic rings. The van der Waals surface area contributed by atoms with E-state index in [2.05, 4.69) is 29.4 Å². The third-order valence-electron chi connectivity index (χ3n) is 4.55. The normalized spacial score (nSPS) is 21.8. The molecule has 0 saturated heterocycles. The average molecular weight is 349 g/mol. The maximum Gasteiger partial charge on any atom is 0.319 e. The molecular formula is C19H27NO3S. The van der Waals surface area contributed by atoms with E-state index in [1.807, 2.05) is 20.1 Å². The standard InChI is InChI=1S/C17H21NO3S.C2H6/c1-17(22-2,16(19)20)10-14-9-15(18-21-14)13-7-5-12(6-8-13)11-3-4-11;1-2/h5-8,11,14H,3-4,9-10H2,1-2H3,(H,19,20);1-2H3. The molecule has 3 rings (SSSR count). The molecule has 24 heavy (non-hydrogen) atoms. The van der Waals surface area contributed by atoms with Gasteiger partial charge in [0, 0.05) is 12.8 Å². The lowest BCUT2D eigenvalue weighted by Crippen LogP contribution is -2.35. The van der Waals surface area contributed by atoms with Gasteiger partial charge in [0.05, 0.1) is 5.71 Å². The number of carboxylic acids is 1. The van der Waals surface area contributed by atoms with E-state index in [0.29, 0.717) is 12.8 Å². The Bertz CT molecular complexity index is 595. The van der Waals surface area contributed by atoms with Crippen LogP contribution in [0.4, 0.5) is 0 Å². The summed E-state index contributed by atoms with van der Waals surface area (Å²) in [6.07, 6.45) is 5.39. The number of hydrogen-bond donors (Lipinski definition) is 1. The summed E-state index contributed by atoms with van der Waals surface area (Å²) in [5, 5.41) is 13.5. The highest BCUT2D eigenvalue weighted by Crippen LogP contribution is 2.40. The summed E-state index contributed by atoms with van der Waals surface area (Å²) in [7, 11) is 0. The Hall–Kier alpha value is -1.49. The zero-order valence-electron chi connectivity index (χ0n) is 14.9. The number of rotatable bonds is 6. The number of nitrogens with zero attached hydrogens (tertiary/aromatic N) is 1. The molecule has 1 saturated carbocycles. The van der Waals surface area contributed by atoms with Crippen LogP contribution in [0.3, 0.4) is 0 Å². The molecule has 0 amide bonds. The molecule has 0 bridgehead atoms. The summed E-state index contributed by atoms with van der Waals surface area (Å²) in [6.45, 7) is 5.74. The van der Waals surface area contributed by atoms with Crippen LogP contribution >= 0.6 is 11.8 Å². The molecule has 2 aliphatic rings. The third-order valence-corrected chi connectivity index (χ3v) is 5.79. The van der Waals surface area contributed by atoms with E-state index in [0.717, 1.165) is 17.2 Å². The quantitative estimate of drug-likeness (QED) is 0.810. The Morgan fingerprint density at radius 1 is 1.33 bits per heavy atom. The van der Waals surface area contributed by atoms with Crippen LogP contribution in [-0.4, -0.2) is 33.9 Å². The second-order valence-electron chi connectivity index (χ2n) is 6.31. The van der Waals surface area contributed by atoms with Gasteiger partial charge in [-0.25, -0.2) is 0 Å². The van der Waals surface area contributed by atoms with Gasteiger partial charge in [-0.3, -0.25) is 4.79 Å². The van der Waals surface area contributed by atoms with Crippen molar-refractivity contribution in [3.8, 4) is 0 Å². The maximum atomic E-state index is 11.4. The zero-order chi connectivity index (χ0) is 17.7. The van der Waals surface area contributed by atoms with E-state index in [9.17, 15) is 9.90 Å². The van der Waals surface area contributed by atoms with E-state index in [1.165, 1.54) is 30.2 Å². The van der Waals surface area contributed by atoms with Crippen molar-refractivity contribution >= 4 is 23.4 Å². The number of benzene rings is 1. The Morgan fingerprint density at radius 2 is 1.96 bits per heavy atom. The molecule has 1 fully saturated rings. The highest BCUT2D eigenvalue weighted by atomic mass is 32.2. The Kier molecular flexibility index (Phi) is 6.33. The molecule has 2 atom stereocenters. The van der Waals surface area contributed by atoms with Gasteiger partial charge in [0.15, 0.2) is 0 Å². The van der Waals surface area contributed by atoms with Crippen molar-refractivity contribution in [2.24, 2.45) is 5.16 Å². The fraction of sp³-hybridized carbons (Fsp3) is 0.579. The van der Waals surface area contributed by atoms with Gasteiger partial charge in [0.1, 0.15) is 10.9 Å². The second-order valence-corrected chi connectivity index (χ2v) is 7.62. The minimum Gasteiger partial charge on any atom is -0.480 e. The highest BCUT2D eigenvalue weighted by Gasteiger charge is 2.38. The van der Waals surface area contributed by atoms with Gasteiger partial charge in [0.25, 0.3) is 0 Å². The Morgan fingerprint density at radius 3 is 2.46 bits per heavy atom. The van der Waals surface area contributed by atoms with E-state index in [4.69, 9.17) is 4.84 Å². The van der Waals surface area contributed by atoms with Crippen molar-refractivity contribution in [3.63, 3.8) is 0 Å². The zero-order valence-corrected chi connectivity index (χ0v) is 15.7. The average Bonchev–Trinajstić information content (AvgIpc) is 3.36. The molecule has 2 unspecified atom stereocenters. The van der Waals surface area contributed by atoms with Gasteiger partial charge in [-0.05, 0) is 43.1 Å². The lowest BCUT2D eigenvalue weighted by Gasteiger charge is -2.24. The predicted octanol–water partition coefficient (Wildman–Crippen LogP) is 4.68. The summed E-state index contributed by atoms with van der Waals surface area (Å²) in [6, 6.07) is 8.55. The van der Waals surface area contributed by atoms with Gasteiger partial charge in [-0.1, -0.05) is 43.3 Å². The van der Waals surface area contributed by atoms with Crippen LogP contribution in [0.15, 0.2) is 29.4 Å². The van der Waals surface area contributed by atoms with Gasteiger partial charge in [0.2, 0.25) is 0 Å². The SMILES string of the molecule is CC.CSC(C)(CC1CC(c2ccc(C3CC3)cc2)=NO1)C(=O)O. The van der Waals surface area contributed by atoms with Crippen molar-refractivity contribution in [1.29, 1.82) is 0 Å². The highest BCUT2D eigenvalue weighted by molar-refractivity contribution is 8.00. The molecule has 1 aromatic carbocycles. The fourth-order valence-electron chi connectivity index (χ4n) is 2.77. The minimum atomic E-state index is -0.828. The number of oxime groups is 1. The first kappa shape index (κ1) is 18.8. The molecule has 1 aliphatic heterocycles. The monoisotopic (exact) mass is 349 g/mol. The maximum absolute atomic E-state index is 11.4. The molecule has 1 N–H and O–H groups in total. The van der Waals surface area contributed by atoms with Gasteiger partial charge in [-0.2, -0.15) is 0 Å². The first-order valence-electron chi connectivity index (χ1n) is 8.63. The lowest BCUT2D eigenvalue weighted by atomic mass is 9.96. The first-order valence-corrected chi connectivity index (χ1v) is 9.86. The molecule has 132 valence electrons. The molecule has 0 aromatic heterocycles. The van der Waals surface area contributed by atoms with Crippen LogP contribution in [0.1, 0.15) is 63.5 Å². The van der Waals surface area contributed by atoms with Crippen molar-refractivity contribution in [1.82, 2.24) is 0 Å². The van der Waals surface area contributed by atoms with Crippen LogP contribution in [0.25, 0.3) is 0 Å². The molecule has 1 heterocycles. The van der Waals surface area contributed by atoms with Crippen molar-refractivity contribution in [3.05, 3.63) is 35.4 Å². The first-order chi connectivity index (χ1) is 11.5. The van der Waals surface area contributed by atoms with Crippen LogP contribution < -0.4 is 0 Å². The molecule has 1 aliphatic carbocycles. The smallest absolute Gasteiger partial charge is 0.319 e. The largest absolute Gasteiger partial charge is 0.480 e. The number of aliphatic carboxylic acids is 1. The Balaban J connectivity index is 0.00000100. The lowest BCUT2D eigenvalue weighted by molar-refractivity contribution is -0.140. The number of carboxylic acid groups (broad SMARTS) is 1. The fourth-order valence-corrected chi connectivity index (χ4v) is 3.29. The molecule has 0 radical (unpaired) electrons. The number of thioether (sulfide) groups is 1. The summed E-state index contributed by atoms with van der Waals surface area (Å²) >= 11 is 1.35. The van der Waals surface area contributed by atoms with E-state index >= 15 is 0 Å². The summed E-state index contributed by atoms with van der Waals surface area (Å²) in [5.74, 6) is -0.0488. The van der Waals surface area contributed by atoms with Crippen LogP contribution in [-0.2, 0) is 9.63 Å². The molecule has 0 spiro atoms. The van der Waals surface area contributed by atoms with Crippen LogP contribution in [0, 0.1) is 0 Å².